The molecule has 0 saturated carbocycles. The predicted molar refractivity (Wildman–Crippen MR) is 37.4 cm³/mol. The molecule has 0 bridgehead atoms. The number of aliphatic hydroxyl groups excluding tert-OH is 1. The first-order valence-corrected chi connectivity index (χ1v) is 3.32. The van der Waals surface area contributed by atoms with Crippen LogP contribution in [0.3, 0.4) is 0 Å². The van der Waals surface area contributed by atoms with E-state index in [0.29, 0.717) is 0 Å². The molecule has 0 aliphatic rings. The molecule has 3 nitrogen and oxygen atoms in total. The molecule has 0 aromatic carbocycles. The van der Waals surface area contributed by atoms with E-state index in [1.807, 2.05) is 6.92 Å². The first kappa shape index (κ1) is 9.43. The molecule has 0 saturated heterocycles. The Morgan fingerprint density at radius 2 is 2.10 bits per heavy atom. The zero-order chi connectivity index (χ0) is 8.15. The van der Waals surface area contributed by atoms with Crippen LogP contribution in [0.15, 0.2) is 0 Å². The number of rotatable bonds is 3. The van der Waals surface area contributed by atoms with E-state index in [9.17, 15) is 4.79 Å². The third kappa shape index (κ3) is 2.35. The van der Waals surface area contributed by atoms with E-state index in [-0.39, 0.29) is 24.4 Å². The van der Waals surface area contributed by atoms with Gasteiger partial charge < -0.3 is 9.84 Å². The third-order valence-electron chi connectivity index (χ3n) is 1.71. The third-order valence-corrected chi connectivity index (χ3v) is 1.71. The summed E-state index contributed by atoms with van der Waals surface area (Å²) in [5.74, 6) is -0.496. The highest BCUT2D eigenvalue weighted by Gasteiger charge is 2.19. The standard InChI is InChI=1S/C7H14O3/c1-5(4-8)6(2)7(9)10-3/h5-6,8H,4H2,1-3H3/t5-,6-/m0/s1. The number of methoxy groups -OCH3 is 1. The molecule has 0 aromatic rings. The number of carbonyl (C=O) groups is 1. The zero-order valence-electron chi connectivity index (χ0n) is 6.63. The van der Waals surface area contributed by atoms with Crippen LogP contribution in [0.2, 0.25) is 0 Å². The highest BCUT2D eigenvalue weighted by Crippen LogP contribution is 2.10. The molecule has 60 valence electrons. The van der Waals surface area contributed by atoms with Crippen molar-refractivity contribution in [3.05, 3.63) is 0 Å². The van der Waals surface area contributed by atoms with Gasteiger partial charge in [0.25, 0.3) is 0 Å². The SMILES string of the molecule is COC(=O)[C@@H](C)[C@@H](C)CO. The quantitative estimate of drug-likeness (QED) is 0.587. The molecule has 0 aliphatic heterocycles. The van der Waals surface area contributed by atoms with Crippen molar-refractivity contribution in [3.63, 3.8) is 0 Å². The molecule has 0 radical (unpaired) electrons. The summed E-state index contributed by atoms with van der Waals surface area (Å²) in [7, 11) is 1.35. The summed E-state index contributed by atoms with van der Waals surface area (Å²) in [5.41, 5.74) is 0. The normalized spacial score (nSPS) is 16.0. The highest BCUT2D eigenvalue weighted by molar-refractivity contribution is 5.72. The summed E-state index contributed by atoms with van der Waals surface area (Å²) < 4.78 is 4.48. The molecule has 0 spiro atoms. The maximum atomic E-state index is 10.8. The van der Waals surface area contributed by atoms with E-state index in [1.54, 1.807) is 6.92 Å². The number of aliphatic hydroxyl groups is 1. The van der Waals surface area contributed by atoms with Crippen molar-refractivity contribution in [1.29, 1.82) is 0 Å². The van der Waals surface area contributed by atoms with Gasteiger partial charge in [-0.1, -0.05) is 13.8 Å². The molecule has 2 atom stereocenters. The van der Waals surface area contributed by atoms with Crippen LogP contribution in [0.4, 0.5) is 0 Å². The van der Waals surface area contributed by atoms with Gasteiger partial charge in [0, 0.05) is 6.61 Å². The lowest BCUT2D eigenvalue weighted by atomic mass is 9.97. The van der Waals surface area contributed by atoms with Gasteiger partial charge in [-0.3, -0.25) is 4.79 Å². The molecule has 1 N–H and O–H groups in total. The average Bonchev–Trinajstić information content (AvgIpc) is 2.00. The second-order valence-corrected chi connectivity index (χ2v) is 2.47. The zero-order valence-corrected chi connectivity index (χ0v) is 6.63. The van der Waals surface area contributed by atoms with E-state index in [2.05, 4.69) is 4.74 Å². The fourth-order valence-corrected chi connectivity index (χ4v) is 0.576. The van der Waals surface area contributed by atoms with E-state index in [1.165, 1.54) is 7.11 Å². The van der Waals surface area contributed by atoms with Crippen molar-refractivity contribution in [2.75, 3.05) is 13.7 Å². The van der Waals surface area contributed by atoms with Gasteiger partial charge in [-0.2, -0.15) is 0 Å². The topological polar surface area (TPSA) is 46.5 Å². The summed E-state index contributed by atoms with van der Waals surface area (Å²) in [6, 6.07) is 0. The number of esters is 1. The van der Waals surface area contributed by atoms with Crippen molar-refractivity contribution in [1.82, 2.24) is 0 Å². The second-order valence-electron chi connectivity index (χ2n) is 2.47. The lowest BCUT2D eigenvalue weighted by molar-refractivity contribution is -0.147. The van der Waals surface area contributed by atoms with Crippen molar-refractivity contribution in [2.24, 2.45) is 11.8 Å². The molecule has 0 aliphatic carbocycles. The molecule has 0 unspecified atom stereocenters. The largest absolute Gasteiger partial charge is 0.469 e. The Morgan fingerprint density at radius 1 is 1.60 bits per heavy atom. The van der Waals surface area contributed by atoms with Gasteiger partial charge in [0.1, 0.15) is 0 Å². The van der Waals surface area contributed by atoms with Crippen LogP contribution in [-0.2, 0) is 9.53 Å². The van der Waals surface area contributed by atoms with E-state index < -0.39 is 0 Å². The molecule has 10 heavy (non-hydrogen) atoms. The number of hydrogen-bond acceptors (Lipinski definition) is 3. The van der Waals surface area contributed by atoms with Gasteiger partial charge in [0.15, 0.2) is 0 Å². The van der Waals surface area contributed by atoms with Gasteiger partial charge >= 0.3 is 5.97 Å². The van der Waals surface area contributed by atoms with Crippen LogP contribution in [0, 0.1) is 11.8 Å². The lowest BCUT2D eigenvalue weighted by Crippen LogP contribution is -2.22. The summed E-state index contributed by atoms with van der Waals surface area (Å²) in [4.78, 5) is 10.8. The van der Waals surface area contributed by atoms with Gasteiger partial charge in [-0.15, -0.1) is 0 Å². The number of carbonyl (C=O) groups excluding carboxylic acids is 1. The van der Waals surface area contributed by atoms with E-state index in [4.69, 9.17) is 5.11 Å². The molecule has 0 heterocycles. The Kier molecular flexibility index (Phi) is 4.03. The minimum absolute atomic E-state index is 0.0209. The maximum Gasteiger partial charge on any atom is 0.308 e. The first-order valence-electron chi connectivity index (χ1n) is 3.32. The highest BCUT2D eigenvalue weighted by atomic mass is 16.5. The summed E-state index contributed by atoms with van der Waals surface area (Å²) in [5, 5.41) is 8.64. The molecule has 0 rings (SSSR count). The van der Waals surface area contributed by atoms with Gasteiger partial charge in [-0.25, -0.2) is 0 Å². The minimum Gasteiger partial charge on any atom is -0.469 e. The van der Waals surface area contributed by atoms with Crippen LogP contribution in [0.1, 0.15) is 13.8 Å². The van der Waals surface area contributed by atoms with Crippen LogP contribution >= 0.6 is 0 Å². The molecular weight excluding hydrogens is 132 g/mol. The Bertz CT molecular complexity index is 111. The van der Waals surface area contributed by atoms with Gasteiger partial charge in [0.2, 0.25) is 0 Å². The molecule has 0 aromatic heterocycles. The van der Waals surface area contributed by atoms with Crippen LogP contribution in [0.5, 0.6) is 0 Å². The van der Waals surface area contributed by atoms with Gasteiger partial charge in [-0.05, 0) is 5.92 Å². The van der Waals surface area contributed by atoms with Crippen molar-refractivity contribution < 1.29 is 14.6 Å². The minimum atomic E-state index is -0.262. The Labute approximate surface area is 61.0 Å². The van der Waals surface area contributed by atoms with E-state index in [0.717, 1.165) is 0 Å². The lowest BCUT2D eigenvalue weighted by Gasteiger charge is -2.13. The Balaban J connectivity index is 3.81. The summed E-state index contributed by atoms with van der Waals surface area (Å²) in [6.07, 6.45) is 0. The predicted octanol–water partition coefficient (Wildman–Crippen LogP) is 0.424. The van der Waals surface area contributed by atoms with Crippen LogP contribution in [-0.4, -0.2) is 24.8 Å². The average molecular weight is 146 g/mol. The number of ether oxygens (including phenoxy) is 1. The molecule has 0 amide bonds. The van der Waals surface area contributed by atoms with Crippen LogP contribution < -0.4 is 0 Å². The van der Waals surface area contributed by atoms with Crippen LogP contribution in [0.25, 0.3) is 0 Å². The fourth-order valence-electron chi connectivity index (χ4n) is 0.576. The second kappa shape index (κ2) is 4.28. The van der Waals surface area contributed by atoms with Crippen molar-refractivity contribution in [3.8, 4) is 0 Å². The maximum absolute atomic E-state index is 10.8. The van der Waals surface area contributed by atoms with E-state index >= 15 is 0 Å². The smallest absolute Gasteiger partial charge is 0.308 e. The molecule has 0 fully saturated rings. The number of hydrogen-bond donors (Lipinski definition) is 1. The summed E-state index contributed by atoms with van der Waals surface area (Å²) in [6.45, 7) is 3.57. The Hall–Kier alpha value is -0.570. The fraction of sp³-hybridized carbons (Fsp3) is 0.857. The Morgan fingerprint density at radius 3 is 2.40 bits per heavy atom. The monoisotopic (exact) mass is 146 g/mol. The first-order chi connectivity index (χ1) is 4.63. The van der Waals surface area contributed by atoms with Gasteiger partial charge in [0.05, 0.1) is 13.0 Å². The molecule has 3 heteroatoms. The molecular formula is C7H14O3. The van der Waals surface area contributed by atoms with Crippen molar-refractivity contribution in [2.45, 2.75) is 13.8 Å². The summed E-state index contributed by atoms with van der Waals surface area (Å²) >= 11 is 0. The van der Waals surface area contributed by atoms with Crippen molar-refractivity contribution >= 4 is 5.97 Å².